The molecule has 0 heterocycles. The molecule has 0 saturated heterocycles. The van der Waals surface area contributed by atoms with Crippen LogP contribution in [0.15, 0.2) is 78.9 Å². The summed E-state index contributed by atoms with van der Waals surface area (Å²) in [7, 11) is 0. The number of rotatable bonds is 3. The number of hydrogen-bond acceptors (Lipinski definition) is 3. The Morgan fingerprint density at radius 3 is 2.08 bits per heavy atom. The minimum Gasteiger partial charge on any atom is -0.457 e. The van der Waals surface area contributed by atoms with Crippen molar-refractivity contribution in [2.24, 2.45) is 0 Å². The third kappa shape index (κ3) is 2.78. The van der Waals surface area contributed by atoms with Crippen LogP contribution in [0.25, 0.3) is 21.5 Å². The van der Waals surface area contributed by atoms with Gasteiger partial charge in [-0.15, -0.1) is 0 Å². The minimum absolute atomic E-state index is 0.0696. The standard InChI is InChI=1S/C23H15NO2/c24-14-18-9-1-2-10-19(18)15-26-23(25)22-20-11-5-3-7-16(20)13-17-8-4-6-12-21(17)22/h1-13H,15H2. The van der Waals surface area contributed by atoms with Gasteiger partial charge in [-0.3, -0.25) is 0 Å². The number of esters is 1. The van der Waals surface area contributed by atoms with Crippen molar-refractivity contribution in [2.45, 2.75) is 6.61 Å². The maximum Gasteiger partial charge on any atom is 0.339 e. The molecule has 124 valence electrons. The van der Waals surface area contributed by atoms with Crippen molar-refractivity contribution in [1.82, 2.24) is 0 Å². The molecule has 0 aliphatic carbocycles. The first-order valence-corrected chi connectivity index (χ1v) is 8.33. The predicted molar refractivity (Wildman–Crippen MR) is 102 cm³/mol. The van der Waals surface area contributed by atoms with Crippen molar-refractivity contribution in [2.75, 3.05) is 0 Å². The summed E-state index contributed by atoms with van der Waals surface area (Å²) in [5, 5.41) is 12.9. The third-order valence-corrected chi connectivity index (χ3v) is 4.47. The van der Waals surface area contributed by atoms with Crippen LogP contribution in [0.2, 0.25) is 0 Å². The van der Waals surface area contributed by atoms with E-state index in [4.69, 9.17) is 4.74 Å². The molecule has 0 aromatic heterocycles. The number of nitrogens with zero attached hydrogens (tertiary/aromatic N) is 1. The van der Waals surface area contributed by atoms with Gasteiger partial charge in [-0.2, -0.15) is 5.26 Å². The van der Waals surface area contributed by atoms with Gasteiger partial charge in [0.1, 0.15) is 6.61 Å². The normalized spacial score (nSPS) is 10.6. The smallest absolute Gasteiger partial charge is 0.339 e. The summed E-state index contributed by atoms with van der Waals surface area (Å²) in [6.07, 6.45) is 0. The fourth-order valence-electron chi connectivity index (χ4n) is 3.20. The van der Waals surface area contributed by atoms with Crippen LogP contribution < -0.4 is 0 Å². The Morgan fingerprint density at radius 2 is 1.42 bits per heavy atom. The van der Waals surface area contributed by atoms with Gasteiger partial charge < -0.3 is 4.74 Å². The van der Waals surface area contributed by atoms with Crippen LogP contribution in [-0.2, 0) is 11.3 Å². The van der Waals surface area contributed by atoms with Gasteiger partial charge in [0, 0.05) is 5.56 Å². The van der Waals surface area contributed by atoms with E-state index in [1.807, 2.05) is 54.6 Å². The van der Waals surface area contributed by atoms with E-state index in [-0.39, 0.29) is 12.6 Å². The number of hydrogen-bond donors (Lipinski definition) is 0. The third-order valence-electron chi connectivity index (χ3n) is 4.47. The van der Waals surface area contributed by atoms with E-state index in [9.17, 15) is 10.1 Å². The summed E-state index contributed by atoms with van der Waals surface area (Å²) in [6, 6.07) is 26.9. The van der Waals surface area contributed by atoms with Gasteiger partial charge >= 0.3 is 5.97 Å². The van der Waals surface area contributed by atoms with Crippen LogP contribution in [0.1, 0.15) is 21.5 Å². The molecular formula is C23H15NO2. The molecule has 26 heavy (non-hydrogen) atoms. The fraction of sp³-hybridized carbons (Fsp3) is 0.0435. The van der Waals surface area contributed by atoms with Crippen LogP contribution in [0.5, 0.6) is 0 Å². The fourth-order valence-corrected chi connectivity index (χ4v) is 3.20. The zero-order chi connectivity index (χ0) is 17.9. The lowest BCUT2D eigenvalue weighted by molar-refractivity contribution is 0.0477. The lowest BCUT2D eigenvalue weighted by atomic mass is 9.97. The molecule has 0 N–H and O–H groups in total. The summed E-state index contributed by atoms with van der Waals surface area (Å²) in [4.78, 5) is 12.9. The monoisotopic (exact) mass is 337 g/mol. The molecule has 0 aliphatic rings. The lowest BCUT2D eigenvalue weighted by Gasteiger charge is -2.12. The van der Waals surface area contributed by atoms with Crippen molar-refractivity contribution in [3.63, 3.8) is 0 Å². The maximum absolute atomic E-state index is 12.9. The van der Waals surface area contributed by atoms with Crippen molar-refractivity contribution in [3.8, 4) is 6.07 Å². The van der Waals surface area contributed by atoms with Crippen LogP contribution in [-0.4, -0.2) is 5.97 Å². The average molecular weight is 337 g/mol. The molecule has 0 saturated carbocycles. The zero-order valence-electron chi connectivity index (χ0n) is 14.0. The molecular weight excluding hydrogens is 322 g/mol. The molecule has 4 rings (SSSR count). The van der Waals surface area contributed by atoms with Crippen molar-refractivity contribution >= 4 is 27.5 Å². The molecule has 0 spiro atoms. The Bertz CT molecular complexity index is 1120. The topological polar surface area (TPSA) is 50.1 Å². The Labute approximate surface area is 151 Å². The maximum atomic E-state index is 12.9. The van der Waals surface area contributed by atoms with E-state index in [1.165, 1.54) is 0 Å². The molecule has 0 bridgehead atoms. The van der Waals surface area contributed by atoms with Crippen LogP contribution in [0.3, 0.4) is 0 Å². The molecule has 0 aliphatic heterocycles. The van der Waals surface area contributed by atoms with Crippen molar-refractivity contribution < 1.29 is 9.53 Å². The first kappa shape index (κ1) is 15.9. The second-order valence-electron chi connectivity index (χ2n) is 6.04. The quantitative estimate of drug-likeness (QED) is 0.380. The van der Waals surface area contributed by atoms with E-state index < -0.39 is 0 Å². The summed E-state index contributed by atoms with van der Waals surface area (Å²) in [6.45, 7) is 0.0696. The summed E-state index contributed by atoms with van der Waals surface area (Å²) in [5.74, 6) is -0.384. The number of carbonyl (C=O) groups excluding carboxylic acids is 1. The second kappa shape index (κ2) is 6.70. The van der Waals surface area contributed by atoms with Crippen LogP contribution >= 0.6 is 0 Å². The Kier molecular flexibility index (Phi) is 4.09. The first-order valence-electron chi connectivity index (χ1n) is 8.33. The van der Waals surface area contributed by atoms with Gasteiger partial charge in [0.05, 0.1) is 17.2 Å². The van der Waals surface area contributed by atoms with E-state index in [1.54, 1.807) is 18.2 Å². The lowest BCUT2D eigenvalue weighted by Crippen LogP contribution is -2.07. The highest BCUT2D eigenvalue weighted by molar-refractivity contribution is 6.16. The number of fused-ring (bicyclic) bond motifs is 2. The predicted octanol–water partition coefficient (Wildman–Crippen LogP) is 5.22. The minimum atomic E-state index is -0.384. The molecule has 4 aromatic rings. The first-order chi connectivity index (χ1) is 12.8. The van der Waals surface area contributed by atoms with E-state index in [0.29, 0.717) is 16.7 Å². The Balaban J connectivity index is 1.77. The average Bonchev–Trinajstić information content (AvgIpc) is 2.70. The van der Waals surface area contributed by atoms with E-state index in [2.05, 4.69) is 12.1 Å². The van der Waals surface area contributed by atoms with Gasteiger partial charge in [0.2, 0.25) is 0 Å². The van der Waals surface area contributed by atoms with E-state index >= 15 is 0 Å². The van der Waals surface area contributed by atoms with Crippen molar-refractivity contribution in [3.05, 3.63) is 95.6 Å². The van der Waals surface area contributed by atoms with E-state index in [0.717, 1.165) is 21.5 Å². The number of carbonyl (C=O) groups is 1. The molecule has 3 heteroatoms. The van der Waals surface area contributed by atoms with Crippen LogP contribution in [0, 0.1) is 11.3 Å². The zero-order valence-corrected chi connectivity index (χ0v) is 14.0. The molecule has 0 atom stereocenters. The number of nitriles is 1. The molecule has 0 amide bonds. The molecule has 0 unspecified atom stereocenters. The highest BCUT2D eigenvalue weighted by Gasteiger charge is 2.16. The second-order valence-corrected chi connectivity index (χ2v) is 6.04. The molecule has 3 nitrogen and oxygen atoms in total. The van der Waals surface area contributed by atoms with Gasteiger partial charge in [0.25, 0.3) is 0 Å². The largest absolute Gasteiger partial charge is 0.457 e. The Morgan fingerprint density at radius 1 is 0.846 bits per heavy atom. The highest BCUT2D eigenvalue weighted by Crippen LogP contribution is 2.29. The van der Waals surface area contributed by atoms with Gasteiger partial charge in [-0.05, 0) is 33.7 Å². The summed E-state index contributed by atoms with van der Waals surface area (Å²) in [5.41, 5.74) is 1.78. The van der Waals surface area contributed by atoms with Crippen molar-refractivity contribution in [1.29, 1.82) is 5.26 Å². The molecule has 4 aromatic carbocycles. The van der Waals surface area contributed by atoms with Gasteiger partial charge in [-0.25, -0.2) is 4.79 Å². The van der Waals surface area contributed by atoms with Crippen LogP contribution in [0.4, 0.5) is 0 Å². The summed E-state index contributed by atoms with van der Waals surface area (Å²) < 4.78 is 5.58. The summed E-state index contributed by atoms with van der Waals surface area (Å²) >= 11 is 0. The van der Waals surface area contributed by atoms with Gasteiger partial charge in [-0.1, -0.05) is 66.7 Å². The number of ether oxygens (including phenoxy) is 1. The Hall–Kier alpha value is -3.64. The molecule has 0 fully saturated rings. The van der Waals surface area contributed by atoms with Gasteiger partial charge in [0.15, 0.2) is 0 Å². The SMILES string of the molecule is N#Cc1ccccc1COC(=O)c1c2ccccc2cc2ccccc12. The number of benzene rings is 4. The highest BCUT2D eigenvalue weighted by atomic mass is 16.5. The molecule has 0 radical (unpaired) electrons.